The van der Waals surface area contributed by atoms with Crippen LogP contribution in [0.2, 0.25) is 0 Å². The first-order valence-electron chi connectivity index (χ1n) is 11.5. The van der Waals surface area contributed by atoms with Gasteiger partial charge in [-0.25, -0.2) is 17.6 Å². The lowest BCUT2D eigenvalue weighted by Crippen LogP contribution is -2.74. The van der Waals surface area contributed by atoms with Crippen LogP contribution in [0.25, 0.3) is 0 Å². The van der Waals surface area contributed by atoms with Crippen LogP contribution in [0.15, 0.2) is 140 Å². The highest BCUT2D eigenvalue weighted by molar-refractivity contribution is 7.19. The molecular formula is C31H23BF4. The Morgan fingerprint density at radius 3 is 0.861 bits per heavy atom. The first-order valence-corrected chi connectivity index (χ1v) is 11.5. The van der Waals surface area contributed by atoms with Crippen LogP contribution in [0.3, 0.4) is 0 Å². The maximum Gasteiger partial charge on any atom is 0.122 e. The summed E-state index contributed by atoms with van der Waals surface area (Å²) in [5.74, 6) is -1.57. The molecule has 0 unspecified atom stereocenters. The van der Waals surface area contributed by atoms with Crippen molar-refractivity contribution < 1.29 is 17.6 Å². The molecule has 0 nitrogen and oxygen atoms in total. The Labute approximate surface area is 208 Å². The first kappa shape index (κ1) is 24.9. The molecule has 0 heterocycles. The molecule has 0 aliphatic rings. The Morgan fingerprint density at radius 1 is 0.361 bits per heavy atom. The molecule has 5 aromatic rings. The van der Waals surface area contributed by atoms with Crippen molar-refractivity contribution in [1.29, 1.82) is 0 Å². The van der Waals surface area contributed by atoms with Crippen LogP contribution in [0.5, 0.6) is 0 Å². The number of hydrogen-bond acceptors (Lipinski definition) is 0. The van der Waals surface area contributed by atoms with E-state index in [4.69, 9.17) is 0 Å². The topological polar surface area (TPSA) is 0 Å². The molecular weight excluding hydrogens is 459 g/mol. The monoisotopic (exact) mass is 482 g/mol. The van der Waals surface area contributed by atoms with Crippen LogP contribution in [-0.2, 0) is 0 Å². The van der Waals surface area contributed by atoms with Gasteiger partial charge in [0.15, 0.2) is 0 Å². The average Bonchev–Trinajstić information content (AvgIpc) is 3.22. The highest BCUT2D eigenvalue weighted by atomic mass is 19.1. The lowest BCUT2D eigenvalue weighted by molar-refractivity contribution is 0.628. The van der Waals surface area contributed by atoms with E-state index < -0.39 is 29.4 Å². The summed E-state index contributed by atoms with van der Waals surface area (Å²) in [5.41, 5.74) is 2.99. The van der Waals surface area contributed by atoms with Crippen LogP contribution in [0.4, 0.5) is 17.6 Å². The van der Waals surface area contributed by atoms with E-state index in [0.29, 0.717) is 0 Å². The number of hydrogen-bond donors (Lipinski definition) is 0. The molecule has 5 heteroatoms. The molecule has 0 spiro atoms. The maximum absolute atomic E-state index is 13.7. The van der Waals surface area contributed by atoms with Gasteiger partial charge < -0.3 is 0 Å². The molecule has 0 aliphatic carbocycles. The fourth-order valence-electron chi connectivity index (χ4n) is 4.61. The van der Waals surface area contributed by atoms with Crippen LogP contribution >= 0.6 is 0 Å². The minimum atomic E-state index is -1.94. The van der Waals surface area contributed by atoms with Crippen molar-refractivity contribution in [2.45, 2.75) is 0 Å². The lowest BCUT2D eigenvalue weighted by Gasteiger charge is -2.44. The molecule has 0 radical (unpaired) electrons. The van der Waals surface area contributed by atoms with Crippen molar-refractivity contribution in [1.82, 2.24) is 0 Å². The van der Waals surface area contributed by atoms with Gasteiger partial charge in [0.05, 0.1) is 0 Å². The largest absolute Gasteiger partial charge is 0.207 e. The van der Waals surface area contributed by atoms with Crippen molar-refractivity contribution in [3.8, 4) is 0 Å². The molecule has 0 aromatic heterocycles. The molecule has 0 saturated heterocycles. The SMILES string of the molecule is Fc1ccc([B-](c2ccc(F)cc2)(c2ccc(F)cc2)c2ccc(F)cc2)cc1.c1ccc[cH+]cc1. The summed E-state index contributed by atoms with van der Waals surface area (Å²) < 4.78 is 54.8. The van der Waals surface area contributed by atoms with Crippen LogP contribution in [0.1, 0.15) is 0 Å². The standard InChI is InChI=1S/C24H16BF4.C7H7/c26-21-9-1-17(2-10-21)25(18-3-11-22(27)12-4-18,19-5-13-23(28)14-6-19)20-7-15-24(29)16-8-20;1-2-4-6-7-5-3-1/h1-16H;1-7H/q-1;+1. The number of rotatable bonds is 4. The zero-order valence-corrected chi connectivity index (χ0v) is 19.4. The maximum atomic E-state index is 13.7. The van der Waals surface area contributed by atoms with Gasteiger partial charge in [-0.15, -0.1) is 0 Å². The van der Waals surface area contributed by atoms with E-state index in [1.54, 1.807) is 48.5 Å². The van der Waals surface area contributed by atoms with E-state index in [0.717, 1.165) is 21.9 Å². The van der Waals surface area contributed by atoms with E-state index >= 15 is 0 Å². The summed E-state index contributed by atoms with van der Waals surface area (Å²) >= 11 is 0. The van der Waals surface area contributed by atoms with Gasteiger partial charge in [0, 0.05) is 42.5 Å². The molecule has 0 saturated carbocycles. The van der Waals surface area contributed by atoms with Gasteiger partial charge in [-0.3, -0.25) is 0 Å². The van der Waals surface area contributed by atoms with Crippen LogP contribution < -0.4 is 21.9 Å². The van der Waals surface area contributed by atoms with E-state index in [1.807, 2.05) is 42.5 Å². The summed E-state index contributed by atoms with van der Waals surface area (Å²) in [7, 11) is 0. The smallest absolute Gasteiger partial charge is 0.122 e. The quantitative estimate of drug-likeness (QED) is 0.178. The fraction of sp³-hybridized carbons (Fsp3) is 0. The molecule has 0 amide bonds. The van der Waals surface area contributed by atoms with Gasteiger partial charge in [0.1, 0.15) is 29.4 Å². The molecule has 0 aliphatic heterocycles. The van der Waals surface area contributed by atoms with Gasteiger partial charge in [0.2, 0.25) is 0 Å². The second kappa shape index (κ2) is 11.5. The summed E-state index contributed by atoms with van der Waals surface area (Å²) in [6, 6.07) is 38.1. The van der Waals surface area contributed by atoms with E-state index in [1.165, 1.54) is 48.5 Å². The van der Waals surface area contributed by atoms with Gasteiger partial charge in [-0.1, -0.05) is 48.5 Å². The second-order valence-corrected chi connectivity index (χ2v) is 8.42. The summed E-state index contributed by atoms with van der Waals surface area (Å²) in [5, 5.41) is 0. The zero-order valence-electron chi connectivity index (χ0n) is 19.4. The number of halogens is 4. The third-order valence-electron chi connectivity index (χ3n) is 6.26. The molecule has 5 rings (SSSR count). The van der Waals surface area contributed by atoms with Gasteiger partial charge in [-0.05, 0) is 48.5 Å². The van der Waals surface area contributed by atoms with E-state index in [9.17, 15) is 17.6 Å². The third-order valence-corrected chi connectivity index (χ3v) is 6.26. The fourth-order valence-corrected chi connectivity index (χ4v) is 4.61. The first-order chi connectivity index (χ1) is 17.5. The highest BCUT2D eigenvalue weighted by Gasteiger charge is 2.31. The third kappa shape index (κ3) is 5.52. The van der Waals surface area contributed by atoms with Crippen molar-refractivity contribution >= 4 is 28.0 Å². The van der Waals surface area contributed by atoms with Crippen LogP contribution in [-0.4, -0.2) is 6.15 Å². The minimum Gasteiger partial charge on any atom is -0.207 e. The molecule has 178 valence electrons. The summed E-state index contributed by atoms with van der Waals surface area (Å²) in [6.07, 6.45) is -1.94. The minimum absolute atomic E-state index is 0.393. The van der Waals surface area contributed by atoms with Crippen molar-refractivity contribution in [3.63, 3.8) is 0 Å². The Morgan fingerprint density at radius 2 is 0.611 bits per heavy atom. The highest BCUT2D eigenvalue weighted by Crippen LogP contribution is 2.12. The van der Waals surface area contributed by atoms with E-state index in [2.05, 4.69) is 0 Å². The molecule has 0 bridgehead atoms. The van der Waals surface area contributed by atoms with Crippen LogP contribution in [0, 0.1) is 23.3 Å². The summed E-state index contributed by atoms with van der Waals surface area (Å²) in [4.78, 5) is 0. The Bertz CT molecular complexity index is 1150. The van der Waals surface area contributed by atoms with Gasteiger partial charge in [-0.2, -0.15) is 21.9 Å². The lowest BCUT2D eigenvalue weighted by atomic mass is 9.13. The zero-order chi connectivity index (χ0) is 25.4. The molecule has 0 N–H and O–H groups in total. The molecule has 0 atom stereocenters. The predicted octanol–water partition coefficient (Wildman–Crippen LogP) is 5.59. The Hall–Kier alpha value is -4.25. The Balaban J connectivity index is 0.000000375. The normalized spacial score (nSPS) is 10.8. The van der Waals surface area contributed by atoms with E-state index in [-0.39, 0.29) is 0 Å². The van der Waals surface area contributed by atoms with Gasteiger partial charge >= 0.3 is 0 Å². The average molecular weight is 482 g/mol. The summed E-state index contributed by atoms with van der Waals surface area (Å²) in [6.45, 7) is 0. The van der Waals surface area contributed by atoms with Crippen molar-refractivity contribution in [2.75, 3.05) is 0 Å². The molecule has 36 heavy (non-hydrogen) atoms. The predicted molar refractivity (Wildman–Crippen MR) is 141 cm³/mol. The molecule has 5 aromatic carbocycles. The number of benzene rings is 4. The second-order valence-electron chi connectivity index (χ2n) is 8.42. The Kier molecular flexibility index (Phi) is 7.91. The van der Waals surface area contributed by atoms with Crippen molar-refractivity contribution in [2.24, 2.45) is 0 Å². The van der Waals surface area contributed by atoms with Crippen molar-refractivity contribution in [3.05, 3.63) is 163 Å². The molecule has 0 fully saturated rings. The van der Waals surface area contributed by atoms with Gasteiger partial charge in [0.25, 0.3) is 0 Å².